The van der Waals surface area contributed by atoms with E-state index in [0.717, 1.165) is 11.8 Å². The van der Waals surface area contributed by atoms with E-state index in [-0.39, 0.29) is 5.16 Å². The molecule has 0 saturated heterocycles. The number of benzene rings is 1. The van der Waals surface area contributed by atoms with Crippen molar-refractivity contribution in [3.8, 4) is 0 Å². The lowest BCUT2D eigenvalue weighted by molar-refractivity contribution is 0.596. The molecule has 6 nitrogen and oxygen atoms in total. The predicted octanol–water partition coefficient (Wildman–Crippen LogP) is 0.341. The van der Waals surface area contributed by atoms with Crippen LogP contribution in [0.25, 0.3) is 0 Å². The van der Waals surface area contributed by atoms with Crippen LogP contribution in [0, 0.1) is 5.82 Å². The quantitative estimate of drug-likeness (QED) is 0.605. The molecular formula is C10H9FN4O2S. The van der Waals surface area contributed by atoms with Crippen LogP contribution in [0.2, 0.25) is 0 Å². The van der Waals surface area contributed by atoms with Gasteiger partial charge in [0.2, 0.25) is 0 Å². The fourth-order valence-electron chi connectivity index (χ4n) is 1.25. The lowest BCUT2D eigenvalue weighted by Gasteiger charge is -2.07. The molecule has 1 aromatic carbocycles. The van der Waals surface area contributed by atoms with Gasteiger partial charge in [0.05, 0.1) is 0 Å². The predicted molar refractivity (Wildman–Crippen MR) is 65.0 cm³/mol. The van der Waals surface area contributed by atoms with Crippen LogP contribution in [0.1, 0.15) is 0 Å². The van der Waals surface area contributed by atoms with Crippen LogP contribution in [-0.4, -0.2) is 14.8 Å². The second-order valence-corrected chi connectivity index (χ2v) is 4.49. The first-order valence-electron chi connectivity index (χ1n) is 4.87. The van der Waals surface area contributed by atoms with Crippen molar-refractivity contribution in [2.24, 2.45) is 7.05 Å². The fourth-order valence-corrected chi connectivity index (χ4v) is 2.11. The van der Waals surface area contributed by atoms with Gasteiger partial charge in [0.25, 0.3) is 0 Å². The van der Waals surface area contributed by atoms with Gasteiger partial charge >= 0.3 is 11.1 Å². The van der Waals surface area contributed by atoms with Crippen molar-refractivity contribution in [3.63, 3.8) is 0 Å². The number of aromatic amines is 1. The van der Waals surface area contributed by atoms with Crippen LogP contribution in [0.3, 0.4) is 0 Å². The van der Waals surface area contributed by atoms with Gasteiger partial charge in [-0.3, -0.25) is 19.4 Å². The van der Waals surface area contributed by atoms with Crippen molar-refractivity contribution in [3.05, 3.63) is 44.7 Å². The first-order chi connectivity index (χ1) is 8.47. The number of anilines is 1. The second-order valence-electron chi connectivity index (χ2n) is 3.48. The zero-order valence-corrected chi connectivity index (χ0v) is 10.1. The van der Waals surface area contributed by atoms with Gasteiger partial charge in [-0.15, -0.1) is 0 Å². The van der Waals surface area contributed by atoms with Gasteiger partial charge < -0.3 is 5.73 Å². The normalized spacial score (nSPS) is 10.6. The molecule has 0 aliphatic heterocycles. The Kier molecular flexibility index (Phi) is 3.19. The van der Waals surface area contributed by atoms with Crippen molar-refractivity contribution in [2.75, 3.05) is 5.73 Å². The van der Waals surface area contributed by atoms with Gasteiger partial charge in [0.1, 0.15) is 5.82 Å². The lowest BCUT2D eigenvalue weighted by atomic mass is 10.3. The Labute approximate surface area is 105 Å². The smallest absolute Gasteiger partial charge is 0.339 e. The molecule has 3 N–H and O–H groups in total. The number of halogens is 1. The second kappa shape index (κ2) is 4.65. The van der Waals surface area contributed by atoms with Gasteiger partial charge in [-0.2, -0.15) is 4.98 Å². The Morgan fingerprint density at radius 1 is 1.44 bits per heavy atom. The Morgan fingerprint density at radius 3 is 2.89 bits per heavy atom. The Balaban J connectivity index is 2.46. The molecule has 0 aliphatic rings. The molecule has 0 unspecified atom stereocenters. The van der Waals surface area contributed by atoms with Gasteiger partial charge in [-0.05, 0) is 30.0 Å². The van der Waals surface area contributed by atoms with E-state index in [4.69, 9.17) is 5.73 Å². The molecule has 0 spiro atoms. The number of nitrogen functional groups attached to an aromatic ring is 1. The number of hydrogen-bond donors (Lipinski definition) is 2. The number of H-pyrrole nitrogens is 1. The van der Waals surface area contributed by atoms with Gasteiger partial charge in [0, 0.05) is 17.6 Å². The van der Waals surface area contributed by atoms with E-state index in [1.165, 1.54) is 29.9 Å². The Morgan fingerprint density at radius 2 is 2.17 bits per heavy atom. The van der Waals surface area contributed by atoms with E-state index < -0.39 is 16.9 Å². The molecule has 0 saturated carbocycles. The van der Waals surface area contributed by atoms with E-state index >= 15 is 0 Å². The van der Waals surface area contributed by atoms with E-state index in [0.29, 0.717) is 10.6 Å². The minimum atomic E-state index is -0.898. The van der Waals surface area contributed by atoms with Crippen LogP contribution in [0.4, 0.5) is 10.1 Å². The summed E-state index contributed by atoms with van der Waals surface area (Å²) >= 11 is 0.995. The third-order valence-electron chi connectivity index (χ3n) is 2.12. The van der Waals surface area contributed by atoms with E-state index in [9.17, 15) is 14.0 Å². The highest BCUT2D eigenvalue weighted by molar-refractivity contribution is 7.99. The van der Waals surface area contributed by atoms with E-state index in [1.54, 1.807) is 0 Å². The Bertz CT molecular complexity index is 710. The van der Waals surface area contributed by atoms with Crippen LogP contribution < -0.4 is 16.9 Å². The molecule has 18 heavy (non-hydrogen) atoms. The van der Waals surface area contributed by atoms with Gasteiger partial charge in [0.15, 0.2) is 5.16 Å². The average Bonchev–Trinajstić information content (AvgIpc) is 2.30. The number of nitrogens with two attached hydrogens (primary N) is 1. The fraction of sp³-hybridized carbons (Fsp3) is 0.100. The summed E-state index contributed by atoms with van der Waals surface area (Å²) in [6, 6.07) is 3.89. The average molecular weight is 268 g/mol. The first-order valence-corrected chi connectivity index (χ1v) is 5.69. The van der Waals surface area contributed by atoms with Crippen LogP contribution in [0.15, 0.2) is 37.8 Å². The van der Waals surface area contributed by atoms with Gasteiger partial charge in [-0.1, -0.05) is 0 Å². The molecule has 1 heterocycles. The van der Waals surface area contributed by atoms with Crippen molar-refractivity contribution in [2.45, 2.75) is 10.1 Å². The summed E-state index contributed by atoms with van der Waals surface area (Å²) < 4.78 is 14.4. The maximum atomic E-state index is 13.1. The number of rotatable bonds is 2. The molecule has 1 aromatic heterocycles. The summed E-state index contributed by atoms with van der Waals surface area (Å²) in [7, 11) is 1.52. The van der Waals surface area contributed by atoms with E-state index in [1.807, 2.05) is 0 Å². The maximum Gasteiger partial charge on any atom is 0.339 e. The molecule has 0 atom stereocenters. The molecule has 0 amide bonds. The summed E-state index contributed by atoms with van der Waals surface area (Å²) in [6.45, 7) is 0. The number of aryl methyl sites for hydroxylation is 1. The SMILES string of the molecule is Cn1[nH]c(=O)c(=O)nc1Sc1cc(F)ccc1N. The maximum absolute atomic E-state index is 13.1. The van der Waals surface area contributed by atoms with Crippen molar-refractivity contribution < 1.29 is 4.39 Å². The molecule has 8 heteroatoms. The summed E-state index contributed by atoms with van der Waals surface area (Å²) in [5.41, 5.74) is 4.33. The van der Waals surface area contributed by atoms with Crippen molar-refractivity contribution in [1.82, 2.24) is 14.8 Å². The molecule has 0 radical (unpaired) electrons. The van der Waals surface area contributed by atoms with E-state index in [2.05, 4.69) is 10.1 Å². The topological polar surface area (TPSA) is 93.8 Å². The molecule has 94 valence electrons. The lowest BCUT2D eigenvalue weighted by Crippen LogP contribution is -2.33. The highest BCUT2D eigenvalue weighted by Gasteiger charge is 2.09. The monoisotopic (exact) mass is 268 g/mol. The summed E-state index contributed by atoms with van der Waals surface area (Å²) in [5.74, 6) is -0.443. The Hall–Kier alpha value is -2.09. The first kappa shape index (κ1) is 12.4. The molecule has 0 fully saturated rings. The molecule has 2 rings (SSSR count). The summed E-state index contributed by atoms with van der Waals surface area (Å²) in [6.07, 6.45) is 0. The number of hydrogen-bond acceptors (Lipinski definition) is 5. The minimum absolute atomic E-state index is 0.219. The molecule has 0 bridgehead atoms. The third kappa shape index (κ3) is 2.43. The zero-order chi connectivity index (χ0) is 13.3. The molecule has 0 aliphatic carbocycles. The highest BCUT2D eigenvalue weighted by atomic mass is 32.2. The molecular weight excluding hydrogens is 259 g/mol. The standard InChI is InChI=1S/C10H9FN4O2S/c1-15-10(13-8(16)9(17)14-15)18-7-4-5(11)2-3-6(7)12/h2-4H,12H2,1H3,(H,14,17). The number of nitrogens with zero attached hydrogens (tertiary/aromatic N) is 2. The van der Waals surface area contributed by atoms with Crippen molar-refractivity contribution >= 4 is 17.4 Å². The number of nitrogens with one attached hydrogen (secondary N) is 1. The minimum Gasteiger partial charge on any atom is -0.398 e. The third-order valence-corrected chi connectivity index (χ3v) is 3.25. The van der Waals surface area contributed by atoms with Gasteiger partial charge in [-0.25, -0.2) is 4.39 Å². The van der Waals surface area contributed by atoms with Crippen LogP contribution in [-0.2, 0) is 7.05 Å². The highest BCUT2D eigenvalue weighted by Crippen LogP contribution is 2.29. The summed E-state index contributed by atoms with van der Waals surface area (Å²) in [5, 5.41) is 2.51. The van der Waals surface area contributed by atoms with Crippen molar-refractivity contribution in [1.29, 1.82) is 0 Å². The zero-order valence-electron chi connectivity index (χ0n) is 9.31. The largest absolute Gasteiger partial charge is 0.398 e. The number of aromatic nitrogens is 3. The summed E-state index contributed by atoms with van der Waals surface area (Å²) in [4.78, 5) is 26.2. The molecule has 2 aromatic rings. The van der Waals surface area contributed by atoms with Crippen LogP contribution >= 0.6 is 11.8 Å². The van der Waals surface area contributed by atoms with Crippen LogP contribution in [0.5, 0.6) is 0 Å².